The number of aromatic nitrogens is 1. The van der Waals surface area contributed by atoms with Crippen molar-refractivity contribution in [2.24, 2.45) is 5.73 Å². The quantitative estimate of drug-likeness (QED) is 0.798. The van der Waals surface area contributed by atoms with Crippen molar-refractivity contribution in [1.82, 2.24) is 4.98 Å². The van der Waals surface area contributed by atoms with Crippen LogP contribution in [0.5, 0.6) is 0 Å². The Balaban J connectivity index is 2.82. The summed E-state index contributed by atoms with van der Waals surface area (Å²) < 4.78 is 47.0. The molecule has 0 radical (unpaired) electrons. The number of rotatable bonds is 4. The number of halogens is 2. The van der Waals surface area contributed by atoms with Crippen molar-refractivity contribution in [2.45, 2.75) is 12.3 Å². The first kappa shape index (κ1) is 11.8. The fraction of sp³-hybridized carbons (Fsp3) is 0.286. The molecule has 0 aliphatic rings. The molecule has 0 spiro atoms. The van der Waals surface area contributed by atoms with Gasteiger partial charge in [-0.25, -0.2) is 13.4 Å². The predicted octanol–water partition coefficient (Wildman–Crippen LogP) is 0.505. The molecule has 1 heterocycles. The first-order valence-corrected chi connectivity index (χ1v) is 5.45. The normalized spacial score (nSPS) is 11.7. The molecule has 8 heteroatoms. The Kier molecular flexibility index (Phi) is 3.53. The number of nitrogens with two attached hydrogens (primary N) is 1. The maximum atomic E-state index is 11.9. The van der Waals surface area contributed by atoms with Gasteiger partial charge in [-0.05, 0) is 11.6 Å². The molecule has 0 atom stereocenters. The van der Waals surface area contributed by atoms with E-state index in [1.807, 2.05) is 0 Å². The van der Waals surface area contributed by atoms with E-state index in [0.29, 0.717) is 5.56 Å². The van der Waals surface area contributed by atoms with Crippen LogP contribution in [0.15, 0.2) is 18.3 Å². The lowest BCUT2D eigenvalue weighted by Gasteiger charge is -2.05. The van der Waals surface area contributed by atoms with Crippen molar-refractivity contribution in [2.75, 3.05) is 4.72 Å². The monoisotopic (exact) mass is 237 g/mol. The van der Waals surface area contributed by atoms with Crippen molar-refractivity contribution in [3.05, 3.63) is 23.9 Å². The number of hydrogen-bond donors (Lipinski definition) is 2. The molecular weight excluding hydrogens is 228 g/mol. The van der Waals surface area contributed by atoms with Gasteiger partial charge in [0.05, 0.1) is 0 Å². The molecule has 0 saturated heterocycles. The zero-order valence-electron chi connectivity index (χ0n) is 7.52. The van der Waals surface area contributed by atoms with Gasteiger partial charge in [-0.1, -0.05) is 6.07 Å². The van der Waals surface area contributed by atoms with Crippen LogP contribution in [-0.4, -0.2) is 19.2 Å². The molecule has 0 amide bonds. The summed E-state index contributed by atoms with van der Waals surface area (Å²) in [6.07, 6.45) is 1.31. The summed E-state index contributed by atoms with van der Waals surface area (Å²) in [6.45, 7) is 0.245. The molecule has 0 aromatic carbocycles. The number of nitrogens with one attached hydrogen (secondary N) is 1. The van der Waals surface area contributed by atoms with E-state index in [2.05, 4.69) is 4.98 Å². The minimum atomic E-state index is -4.65. The summed E-state index contributed by atoms with van der Waals surface area (Å²) >= 11 is 0. The summed E-state index contributed by atoms with van der Waals surface area (Å²) in [6, 6.07) is 2.76. The second-order valence-electron chi connectivity index (χ2n) is 2.66. The van der Waals surface area contributed by atoms with Gasteiger partial charge < -0.3 is 5.73 Å². The highest BCUT2D eigenvalue weighted by Crippen LogP contribution is 2.11. The molecular formula is C7H9F2N3O2S. The van der Waals surface area contributed by atoms with E-state index in [-0.39, 0.29) is 12.4 Å². The van der Waals surface area contributed by atoms with Crippen LogP contribution < -0.4 is 10.5 Å². The van der Waals surface area contributed by atoms with E-state index in [0.717, 1.165) is 0 Å². The summed E-state index contributed by atoms with van der Waals surface area (Å²) in [7, 11) is -4.65. The van der Waals surface area contributed by atoms with Gasteiger partial charge in [0.2, 0.25) is 0 Å². The lowest BCUT2D eigenvalue weighted by Crippen LogP contribution is -2.21. The Morgan fingerprint density at radius 2 is 2.13 bits per heavy atom. The largest absolute Gasteiger partial charge is 0.355 e. The molecule has 15 heavy (non-hydrogen) atoms. The number of sulfonamides is 1. The van der Waals surface area contributed by atoms with Crippen LogP contribution >= 0.6 is 0 Å². The molecule has 0 aliphatic carbocycles. The number of hydrogen-bond acceptors (Lipinski definition) is 4. The number of alkyl halides is 2. The standard InChI is InChI=1S/C7H9F2N3O2S/c8-7(9)15(13,14)12-6-2-1-5(3-10)4-11-6/h1-2,4,7H,3,10H2,(H,11,12). The molecule has 0 bridgehead atoms. The summed E-state index contributed by atoms with van der Waals surface area (Å²) in [5.74, 6) is -3.64. The average Bonchev–Trinajstić information content (AvgIpc) is 2.18. The Hall–Kier alpha value is -1.28. The lowest BCUT2D eigenvalue weighted by atomic mass is 10.3. The van der Waals surface area contributed by atoms with E-state index in [1.54, 1.807) is 4.72 Å². The zero-order chi connectivity index (χ0) is 11.5. The van der Waals surface area contributed by atoms with E-state index in [4.69, 9.17) is 5.73 Å². The minimum absolute atomic E-state index is 0.160. The fourth-order valence-electron chi connectivity index (χ4n) is 0.796. The Labute approximate surface area is 85.4 Å². The van der Waals surface area contributed by atoms with E-state index in [9.17, 15) is 17.2 Å². The first-order valence-electron chi connectivity index (χ1n) is 3.90. The van der Waals surface area contributed by atoms with Crippen molar-refractivity contribution in [3.63, 3.8) is 0 Å². The Morgan fingerprint density at radius 1 is 1.47 bits per heavy atom. The lowest BCUT2D eigenvalue weighted by molar-refractivity contribution is 0.236. The van der Waals surface area contributed by atoms with Gasteiger partial charge in [0.1, 0.15) is 5.82 Å². The Morgan fingerprint density at radius 3 is 2.53 bits per heavy atom. The highest BCUT2D eigenvalue weighted by Gasteiger charge is 2.23. The topological polar surface area (TPSA) is 85.1 Å². The molecule has 3 N–H and O–H groups in total. The minimum Gasteiger partial charge on any atom is -0.326 e. The van der Waals surface area contributed by atoms with Crippen LogP contribution in [0.3, 0.4) is 0 Å². The van der Waals surface area contributed by atoms with Gasteiger partial charge in [0.15, 0.2) is 0 Å². The van der Waals surface area contributed by atoms with Crippen molar-refractivity contribution in [3.8, 4) is 0 Å². The smallest absolute Gasteiger partial charge is 0.326 e. The van der Waals surface area contributed by atoms with Crippen molar-refractivity contribution >= 4 is 15.8 Å². The second-order valence-corrected chi connectivity index (χ2v) is 4.31. The van der Waals surface area contributed by atoms with Gasteiger partial charge >= 0.3 is 5.76 Å². The van der Waals surface area contributed by atoms with Crippen LogP contribution in [0.2, 0.25) is 0 Å². The number of pyridine rings is 1. The van der Waals surface area contributed by atoms with Crippen LogP contribution in [0, 0.1) is 0 Å². The molecule has 1 aromatic heterocycles. The molecule has 0 fully saturated rings. The molecule has 0 aliphatic heterocycles. The molecule has 84 valence electrons. The zero-order valence-corrected chi connectivity index (χ0v) is 8.34. The van der Waals surface area contributed by atoms with E-state index < -0.39 is 15.8 Å². The number of nitrogens with zero attached hydrogens (tertiary/aromatic N) is 1. The third kappa shape index (κ3) is 3.10. The maximum absolute atomic E-state index is 11.9. The second kappa shape index (κ2) is 4.49. The van der Waals surface area contributed by atoms with E-state index in [1.165, 1.54) is 18.3 Å². The molecule has 0 unspecified atom stereocenters. The van der Waals surface area contributed by atoms with Crippen LogP contribution in [0.4, 0.5) is 14.6 Å². The fourth-order valence-corrected chi connectivity index (χ4v) is 1.30. The highest BCUT2D eigenvalue weighted by atomic mass is 32.2. The van der Waals surface area contributed by atoms with Gasteiger partial charge in [-0.15, -0.1) is 0 Å². The molecule has 1 rings (SSSR count). The SMILES string of the molecule is NCc1ccc(NS(=O)(=O)C(F)F)nc1. The van der Waals surface area contributed by atoms with Crippen LogP contribution in [0.1, 0.15) is 5.56 Å². The third-order valence-corrected chi connectivity index (χ3v) is 2.50. The van der Waals surface area contributed by atoms with E-state index >= 15 is 0 Å². The van der Waals surface area contributed by atoms with Crippen molar-refractivity contribution < 1.29 is 17.2 Å². The van der Waals surface area contributed by atoms with Gasteiger partial charge in [0.25, 0.3) is 10.0 Å². The summed E-state index contributed by atoms with van der Waals surface area (Å²) in [5, 5.41) is 0. The van der Waals surface area contributed by atoms with Crippen molar-refractivity contribution in [1.29, 1.82) is 0 Å². The van der Waals surface area contributed by atoms with Gasteiger partial charge in [0, 0.05) is 12.7 Å². The molecule has 5 nitrogen and oxygen atoms in total. The van der Waals surface area contributed by atoms with Crippen LogP contribution in [0.25, 0.3) is 0 Å². The molecule has 0 saturated carbocycles. The molecule has 1 aromatic rings. The number of anilines is 1. The first-order chi connectivity index (χ1) is 6.95. The predicted molar refractivity (Wildman–Crippen MR) is 50.7 cm³/mol. The summed E-state index contributed by atoms with van der Waals surface area (Å²) in [4.78, 5) is 3.61. The van der Waals surface area contributed by atoms with Gasteiger partial charge in [-0.3, -0.25) is 4.72 Å². The third-order valence-electron chi connectivity index (χ3n) is 1.54. The highest BCUT2D eigenvalue weighted by molar-refractivity contribution is 7.92. The Bertz CT molecular complexity index is 418. The average molecular weight is 237 g/mol. The maximum Gasteiger partial charge on any atom is 0.355 e. The van der Waals surface area contributed by atoms with Gasteiger partial charge in [-0.2, -0.15) is 8.78 Å². The van der Waals surface area contributed by atoms with Crippen LogP contribution in [-0.2, 0) is 16.6 Å². The summed E-state index contributed by atoms with van der Waals surface area (Å²) in [5.41, 5.74) is 5.95.